The number of aromatic nitrogens is 1. The number of amides is 1. The second-order valence-electron chi connectivity index (χ2n) is 6.24. The van der Waals surface area contributed by atoms with Crippen LogP contribution >= 0.6 is 0 Å². The van der Waals surface area contributed by atoms with Gasteiger partial charge >= 0.3 is 0 Å². The van der Waals surface area contributed by atoms with Crippen molar-refractivity contribution in [1.82, 2.24) is 4.98 Å². The smallest absolute Gasteiger partial charge is 0.233 e. The van der Waals surface area contributed by atoms with Gasteiger partial charge in [0, 0.05) is 13.1 Å². The molecule has 1 aromatic carbocycles. The summed E-state index contributed by atoms with van der Waals surface area (Å²) in [5.41, 5.74) is 2.11. The molecular weight excluding hydrogens is 314 g/mol. The predicted octanol–water partition coefficient (Wildman–Crippen LogP) is 3.44. The maximum absolute atomic E-state index is 12.7. The van der Waals surface area contributed by atoms with Crippen molar-refractivity contribution < 1.29 is 9.53 Å². The molecule has 1 fully saturated rings. The summed E-state index contributed by atoms with van der Waals surface area (Å²) >= 11 is 0. The van der Waals surface area contributed by atoms with Crippen molar-refractivity contribution in [2.75, 3.05) is 36.5 Å². The Labute approximate surface area is 149 Å². The highest BCUT2D eigenvalue weighted by Gasteiger charge is 2.20. The van der Waals surface area contributed by atoms with Crippen molar-refractivity contribution in [3.63, 3.8) is 0 Å². The number of ether oxygens (including phenoxy) is 1. The van der Waals surface area contributed by atoms with E-state index >= 15 is 0 Å². The minimum atomic E-state index is -0.146. The Morgan fingerprint density at radius 2 is 1.96 bits per heavy atom. The van der Waals surface area contributed by atoms with Crippen LogP contribution in [0.25, 0.3) is 0 Å². The average molecular weight is 339 g/mol. The molecule has 0 radical (unpaired) electrons. The van der Waals surface area contributed by atoms with Crippen LogP contribution in [0.15, 0.2) is 48.7 Å². The molecule has 1 aliphatic heterocycles. The molecule has 0 saturated carbocycles. The van der Waals surface area contributed by atoms with E-state index in [1.54, 1.807) is 0 Å². The summed E-state index contributed by atoms with van der Waals surface area (Å²) in [7, 11) is 0. The highest BCUT2D eigenvalue weighted by molar-refractivity contribution is 5.95. The molecule has 1 unspecified atom stereocenters. The minimum absolute atomic E-state index is 0.000303. The molecule has 1 atom stereocenters. The van der Waals surface area contributed by atoms with Gasteiger partial charge in [0.15, 0.2) is 0 Å². The van der Waals surface area contributed by atoms with Crippen LogP contribution in [0, 0.1) is 0 Å². The van der Waals surface area contributed by atoms with Crippen molar-refractivity contribution in [2.45, 2.75) is 25.7 Å². The van der Waals surface area contributed by atoms with E-state index in [1.165, 1.54) is 0 Å². The van der Waals surface area contributed by atoms with Crippen LogP contribution in [-0.4, -0.2) is 37.2 Å². The first kappa shape index (κ1) is 17.4. The molecule has 1 aliphatic rings. The average Bonchev–Trinajstić information content (AvgIpc) is 2.68. The first-order chi connectivity index (χ1) is 12.3. The molecule has 1 aromatic heterocycles. The summed E-state index contributed by atoms with van der Waals surface area (Å²) < 4.78 is 5.37. The van der Waals surface area contributed by atoms with Crippen molar-refractivity contribution in [3.8, 4) is 0 Å². The van der Waals surface area contributed by atoms with Gasteiger partial charge in [-0.25, -0.2) is 4.98 Å². The number of nitrogens with one attached hydrogen (secondary N) is 1. The molecule has 5 heteroatoms. The Hall–Kier alpha value is -2.40. The third kappa shape index (κ3) is 4.57. The van der Waals surface area contributed by atoms with Gasteiger partial charge < -0.3 is 15.0 Å². The highest BCUT2D eigenvalue weighted by atomic mass is 16.5. The quantitative estimate of drug-likeness (QED) is 0.876. The van der Waals surface area contributed by atoms with Crippen molar-refractivity contribution in [2.24, 2.45) is 0 Å². The van der Waals surface area contributed by atoms with Crippen molar-refractivity contribution in [3.05, 3.63) is 54.2 Å². The van der Waals surface area contributed by atoms with Gasteiger partial charge in [-0.2, -0.15) is 0 Å². The number of anilines is 2. The van der Waals surface area contributed by atoms with Gasteiger partial charge in [0.1, 0.15) is 5.82 Å². The predicted molar refractivity (Wildman–Crippen MR) is 100.0 cm³/mol. The fourth-order valence-electron chi connectivity index (χ4n) is 3.11. The molecule has 3 rings (SSSR count). The molecule has 1 amide bonds. The summed E-state index contributed by atoms with van der Waals surface area (Å²) in [5.74, 6) is 0.450. The monoisotopic (exact) mass is 339 g/mol. The summed E-state index contributed by atoms with van der Waals surface area (Å²) in [5, 5.41) is 2.96. The number of rotatable bonds is 6. The number of carbonyl (C=O) groups is 1. The lowest BCUT2D eigenvalue weighted by Crippen LogP contribution is -2.36. The number of morpholine rings is 1. The molecule has 0 spiro atoms. The molecule has 2 aromatic rings. The SMILES string of the molecule is CCCC(C(=O)Nc1ccc(N2CCOCC2)cn1)c1ccccc1. The first-order valence-electron chi connectivity index (χ1n) is 8.92. The van der Waals surface area contributed by atoms with E-state index in [-0.39, 0.29) is 11.8 Å². The third-order valence-corrected chi connectivity index (χ3v) is 4.47. The number of benzene rings is 1. The zero-order valence-corrected chi connectivity index (χ0v) is 14.6. The van der Waals surface area contributed by atoms with E-state index in [0.29, 0.717) is 5.82 Å². The van der Waals surface area contributed by atoms with Gasteiger partial charge in [0.05, 0.1) is 31.0 Å². The molecule has 2 heterocycles. The number of pyridine rings is 1. The van der Waals surface area contributed by atoms with E-state index in [9.17, 15) is 4.79 Å². The van der Waals surface area contributed by atoms with Crippen LogP contribution in [0.4, 0.5) is 11.5 Å². The number of hydrogen-bond donors (Lipinski definition) is 1. The van der Waals surface area contributed by atoms with E-state index < -0.39 is 0 Å². The Bertz CT molecular complexity index is 667. The lowest BCUT2D eigenvalue weighted by molar-refractivity contribution is -0.117. The zero-order chi connectivity index (χ0) is 17.5. The van der Waals surface area contributed by atoms with E-state index in [2.05, 4.69) is 22.1 Å². The topological polar surface area (TPSA) is 54.5 Å². The van der Waals surface area contributed by atoms with Gasteiger partial charge in [0.25, 0.3) is 0 Å². The number of nitrogens with zero attached hydrogens (tertiary/aromatic N) is 2. The first-order valence-corrected chi connectivity index (χ1v) is 8.92. The van der Waals surface area contributed by atoms with Gasteiger partial charge in [0.2, 0.25) is 5.91 Å². The summed E-state index contributed by atoms with van der Waals surface area (Å²) in [6.07, 6.45) is 3.59. The Balaban J connectivity index is 1.66. The van der Waals surface area contributed by atoms with E-state index in [1.807, 2.05) is 48.7 Å². The summed E-state index contributed by atoms with van der Waals surface area (Å²) in [4.78, 5) is 19.4. The largest absolute Gasteiger partial charge is 0.378 e. The molecule has 1 saturated heterocycles. The van der Waals surface area contributed by atoms with Gasteiger partial charge in [-0.05, 0) is 24.1 Å². The second kappa shape index (κ2) is 8.62. The van der Waals surface area contributed by atoms with Crippen molar-refractivity contribution in [1.29, 1.82) is 0 Å². The van der Waals surface area contributed by atoms with E-state index in [0.717, 1.165) is 50.4 Å². The highest BCUT2D eigenvalue weighted by Crippen LogP contribution is 2.23. The van der Waals surface area contributed by atoms with Crippen LogP contribution in [0.3, 0.4) is 0 Å². The van der Waals surface area contributed by atoms with Crippen LogP contribution < -0.4 is 10.2 Å². The Morgan fingerprint density at radius 3 is 2.60 bits per heavy atom. The standard InChI is InChI=1S/C20H25N3O2/c1-2-6-18(16-7-4-3-5-8-16)20(24)22-19-10-9-17(15-21-19)23-11-13-25-14-12-23/h3-5,7-10,15,18H,2,6,11-14H2,1H3,(H,21,22,24). The van der Waals surface area contributed by atoms with Gasteiger partial charge in [-0.15, -0.1) is 0 Å². The molecule has 5 nitrogen and oxygen atoms in total. The number of carbonyl (C=O) groups excluding carboxylic acids is 1. The van der Waals surface area contributed by atoms with E-state index in [4.69, 9.17) is 4.74 Å². The lowest BCUT2D eigenvalue weighted by atomic mass is 9.93. The number of hydrogen-bond acceptors (Lipinski definition) is 4. The van der Waals surface area contributed by atoms with Crippen molar-refractivity contribution >= 4 is 17.4 Å². The summed E-state index contributed by atoms with van der Waals surface area (Å²) in [6.45, 7) is 5.33. The van der Waals surface area contributed by atoms with Gasteiger partial charge in [-0.3, -0.25) is 4.79 Å². The van der Waals surface area contributed by atoms with Crippen LogP contribution in [-0.2, 0) is 9.53 Å². The Morgan fingerprint density at radius 1 is 1.20 bits per heavy atom. The maximum atomic E-state index is 12.7. The molecule has 132 valence electrons. The van der Waals surface area contributed by atoms with Gasteiger partial charge in [-0.1, -0.05) is 43.7 Å². The van der Waals surface area contributed by atoms with Crippen LogP contribution in [0.5, 0.6) is 0 Å². The van der Waals surface area contributed by atoms with Crippen LogP contribution in [0.2, 0.25) is 0 Å². The fraction of sp³-hybridized carbons (Fsp3) is 0.400. The fourth-order valence-corrected chi connectivity index (χ4v) is 3.11. The third-order valence-electron chi connectivity index (χ3n) is 4.47. The second-order valence-corrected chi connectivity index (χ2v) is 6.24. The zero-order valence-electron chi connectivity index (χ0n) is 14.6. The normalized spacial score (nSPS) is 15.6. The minimum Gasteiger partial charge on any atom is -0.378 e. The van der Waals surface area contributed by atoms with Crippen LogP contribution in [0.1, 0.15) is 31.2 Å². The molecule has 1 N–H and O–H groups in total. The molecule has 0 bridgehead atoms. The summed E-state index contributed by atoms with van der Waals surface area (Å²) in [6, 6.07) is 13.8. The molecular formula is C20H25N3O2. The molecule has 0 aliphatic carbocycles. The lowest BCUT2D eigenvalue weighted by Gasteiger charge is -2.28. The Kier molecular flexibility index (Phi) is 6.01. The molecule has 25 heavy (non-hydrogen) atoms. The maximum Gasteiger partial charge on any atom is 0.233 e.